The number of carbonyl (C=O) groups is 2. The van der Waals surface area contributed by atoms with Gasteiger partial charge in [-0.1, -0.05) is 70.0 Å². The number of hydrazone groups is 1. The Kier molecular flexibility index (Phi) is 8.98. The van der Waals surface area contributed by atoms with Gasteiger partial charge in [0.1, 0.15) is 11.4 Å². The number of hydrogen-bond acceptors (Lipinski definition) is 7. The highest BCUT2D eigenvalue weighted by molar-refractivity contribution is 9.10. The molecule has 9 nitrogen and oxygen atoms in total. The molecule has 0 radical (unpaired) electrons. The zero-order valence-electron chi connectivity index (χ0n) is 23.2. The number of hydrogen-bond donors (Lipinski definition) is 2. The number of ether oxygens (including phenoxy) is 4. The Hall–Kier alpha value is -4.80. The van der Waals surface area contributed by atoms with Crippen LogP contribution in [0.5, 0.6) is 23.0 Å². The lowest BCUT2D eigenvalue weighted by Crippen LogP contribution is -2.19. The number of aromatic nitrogens is 1. The molecule has 0 aliphatic carbocycles. The van der Waals surface area contributed by atoms with Crippen molar-refractivity contribution in [2.24, 2.45) is 5.10 Å². The van der Waals surface area contributed by atoms with Crippen LogP contribution in [-0.2, 0) is 0 Å². The van der Waals surface area contributed by atoms with Gasteiger partial charge < -0.3 is 23.9 Å². The van der Waals surface area contributed by atoms with Gasteiger partial charge in [0.05, 0.1) is 43.6 Å². The zero-order valence-corrected chi connectivity index (χ0v) is 25.6. The number of H-pyrrole nitrogens is 1. The number of esters is 1. The minimum absolute atomic E-state index is 0.187. The van der Waals surface area contributed by atoms with E-state index in [1.54, 1.807) is 30.3 Å². The second-order valence-electron chi connectivity index (χ2n) is 9.09. The number of methoxy groups -OCH3 is 3. The van der Waals surface area contributed by atoms with E-state index in [2.05, 4.69) is 31.4 Å². The summed E-state index contributed by atoms with van der Waals surface area (Å²) in [5.74, 6) is 0.0680. The highest BCUT2D eigenvalue weighted by Crippen LogP contribution is 2.39. The fraction of sp³-hybridized carbons (Fsp3) is 0.0938. The van der Waals surface area contributed by atoms with E-state index in [-0.39, 0.29) is 11.3 Å². The maximum Gasteiger partial charge on any atom is 0.343 e. The van der Waals surface area contributed by atoms with Crippen molar-refractivity contribution in [3.63, 3.8) is 0 Å². The summed E-state index contributed by atoms with van der Waals surface area (Å²) in [7, 11) is 4.39. The van der Waals surface area contributed by atoms with Crippen molar-refractivity contribution in [3.05, 3.63) is 105 Å². The normalized spacial score (nSPS) is 11.0. The summed E-state index contributed by atoms with van der Waals surface area (Å²) in [5, 5.41) is 5.39. The SMILES string of the molecule is COc1cc(C(=O)Oc2ccccc2C=NNC(=O)c2[nH]c3c(Cl)cc(Br)cc3c2-c2ccccc2)cc(OC)c1OC. The molecule has 1 amide bonds. The number of carbonyl (C=O) groups excluding carboxylic acids is 2. The molecular weight excluding hydrogens is 638 g/mol. The Balaban J connectivity index is 1.40. The number of para-hydroxylation sites is 1. The molecule has 0 atom stereocenters. The van der Waals surface area contributed by atoms with Crippen LogP contribution in [0, 0.1) is 0 Å². The minimum Gasteiger partial charge on any atom is -0.493 e. The molecule has 11 heteroatoms. The van der Waals surface area contributed by atoms with Crippen molar-refractivity contribution in [3.8, 4) is 34.1 Å². The maximum absolute atomic E-state index is 13.4. The molecule has 0 aliphatic rings. The average molecular weight is 663 g/mol. The van der Waals surface area contributed by atoms with E-state index in [4.69, 9.17) is 30.5 Å². The first-order valence-electron chi connectivity index (χ1n) is 12.8. The van der Waals surface area contributed by atoms with Crippen LogP contribution in [0.1, 0.15) is 26.4 Å². The fourth-order valence-electron chi connectivity index (χ4n) is 4.55. The number of halogens is 2. The van der Waals surface area contributed by atoms with E-state index in [1.165, 1.54) is 39.7 Å². The van der Waals surface area contributed by atoms with Gasteiger partial charge in [-0.2, -0.15) is 5.10 Å². The molecule has 1 aromatic heterocycles. The Morgan fingerprint density at radius 3 is 2.23 bits per heavy atom. The van der Waals surface area contributed by atoms with Gasteiger partial charge in [0.25, 0.3) is 5.91 Å². The van der Waals surface area contributed by atoms with Crippen LogP contribution in [0.4, 0.5) is 0 Å². The van der Waals surface area contributed by atoms with Crippen LogP contribution in [0.3, 0.4) is 0 Å². The molecule has 0 saturated heterocycles. The number of aromatic amines is 1. The summed E-state index contributed by atoms with van der Waals surface area (Å²) in [6.45, 7) is 0. The quantitative estimate of drug-likeness (QED) is 0.0744. The number of nitrogens with one attached hydrogen (secondary N) is 2. The molecule has 0 bridgehead atoms. The lowest BCUT2D eigenvalue weighted by Gasteiger charge is -2.14. The highest BCUT2D eigenvalue weighted by Gasteiger charge is 2.22. The molecule has 43 heavy (non-hydrogen) atoms. The van der Waals surface area contributed by atoms with Gasteiger partial charge in [0.15, 0.2) is 11.5 Å². The molecule has 5 aromatic rings. The van der Waals surface area contributed by atoms with E-state index >= 15 is 0 Å². The van der Waals surface area contributed by atoms with Crippen LogP contribution in [0.2, 0.25) is 5.02 Å². The van der Waals surface area contributed by atoms with Gasteiger partial charge in [0, 0.05) is 21.0 Å². The first-order chi connectivity index (χ1) is 20.8. The summed E-state index contributed by atoms with van der Waals surface area (Å²) >= 11 is 9.98. The van der Waals surface area contributed by atoms with Gasteiger partial charge in [-0.15, -0.1) is 0 Å². The Morgan fingerprint density at radius 2 is 1.56 bits per heavy atom. The molecule has 1 heterocycles. The van der Waals surface area contributed by atoms with E-state index in [1.807, 2.05) is 36.4 Å². The number of nitrogens with zero attached hydrogens (tertiary/aromatic N) is 1. The van der Waals surface area contributed by atoms with Gasteiger partial charge in [0.2, 0.25) is 5.75 Å². The fourth-order valence-corrected chi connectivity index (χ4v) is 5.41. The number of benzene rings is 4. The predicted octanol–water partition coefficient (Wildman–Crippen LogP) is 7.26. The standard InChI is InChI=1S/C32H25BrClN3O6/c1-40-25-13-20(14-26(41-2)30(25)42-3)32(39)43-24-12-8-7-11-19(24)17-35-37-31(38)29-27(18-9-5-4-6-10-18)22-15-21(33)16-23(34)28(22)36-29/h4-17,36H,1-3H3,(H,37,38). The van der Waals surface area contributed by atoms with Gasteiger partial charge in [-0.3, -0.25) is 4.79 Å². The molecule has 4 aromatic carbocycles. The molecule has 5 rings (SSSR count). The second kappa shape index (κ2) is 13.0. The third-order valence-electron chi connectivity index (χ3n) is 6.51. The van der Waals surface area contributed by atoms with Crippen LogP contribution >= 0.6 is 27.5 Å². The maximum atomic E-state index is 13.4. The Morgan fingerprint density at radius 1 is 0.884 bits per heavy atom. The van der Waals surface area contributed by atoms with Crippen LogP contribution < -0.4 is 24.4 Å². The van der Waals surface area contributed by atoms with Gasteiger partial charge in [-0.25, -0.2) is 10.2 Å². The van der Waals surface area contributed by atoms with E-state index in [0.717, 1.165) is 15.4 Å². The van der Waals surface area contributed by atoms with Crippen molar-refractivity contribution in [2.45, 2.75) is 0 Å². The topological polar surface area (TPSA) is 111 Å². The molecule has 0 fully saturated rings. The monoisotopic (exact) mass is 661 g/mol. The first kappa shape index (κ1) is 29.7. The molecule has 0 spiro atoms. The van der Waals surface area contributed by atoms with Gasteiger partial charge in [-0.05, 0) is 42.0 Å². The largest absolute Gasteiger partial charge is 0.493 e. The summed E-state index contributed by atoms with van der Waals surface area (Å²) in [4.78, 5) is 29.6. The molecule has 218 valence electrons. The molecule has 0 saturated carbocycles. The van der Waals surface area contributed by atoms with Crippen molar-refractivity contribution >= 4 is 56.5 Å². The Labute approximate surface area is 260 Å². The van der Waals surface area contributed by atoms with E-state index in [0.29, 0.717) is 44.6 Å². The van der Waals surface area contributed by atoms with Crippen molar-refractivity contribution in [1.29, 1.82) is 0 Å². The summed E-state index contributed by atoms with van der Waals surface area (Å²) in [6.07, 6.45) is 1.39. The predicted molar refractivity (Wildman–Crippen MR) is 169 cm³/mol. The van der Waals surface area contributed by atoms with Crippen molar-refractivity contribution in [1.82, 2.24) is 10.4 Å². The van der Waals surface area contributed by atoms with Gasteiger partial charge >= 0.3 is 5.97 Å². The third-order valence-corrected chi connectivity index (χ3v) is 7.26. The van der Waals surface area contributed by atoms with Crippen LogP contribution in [0.15, 0.2) is 88.4 Å². The second-order valence-corrected chi connectivity index (χ2v) is 10.4. The van der Waals surface area contributed by atoms with Crippen LogP contribution in [-0.4, -0.2) is 44.4 Å². The van der Waals surface area contributed by atoms with Crippen molar-refractivity contribution in [2.75, 3.05) is 21.3 Å². The first-order valence-corrected chi connectivity index (χ1v) is 14.0. The highest BCUT2D eigenvalue weighted by atomic mass is 79.9. The average Bonchev–Trinajstić information content (AvgIpc) is 3.41. The van der Waals surface area contributed by atoms with Crippen LogP contribution in [0.25, 0.3) is 22.0 Å². The smallest absolute Gasteiger partial charge is 0.343 e. The lowest BCUT2D eigenvalue weighted by atomic mass is 10.0. The summed E-state index contributed by atoms with van der Waals surface area (Å²) < 4.78 is 22.4. The number of fused-ring (bicyclic) bond motifs is 1. The number of rotatable bonds is 9. The molecule has 2 N–H and O–H groups in total. The summed E-state index contributed by atoms with van der Waals surface area (Å²) in [6, 6.07) is 22.9. The summed E-state index contributed by atoms with van der Waals surface area (Å²) in [5.41, 5.74) is 5.65. The number of amides is 1. The van der Waals surface area contributed by atoms with E-state index in [9.17, 15) is 9.59 Å². The Bertz CT molecular complexity index is 1830. The zero-order chi connectivity index (χ0) is 30.5. The van der Waals surface area contributed by atoms with E-state index < -0.39 is 11.9 Å². The lowest BCUT2D eigenvalue weighted by molar-refractivity contribution is 0.0733. The molecular formula is C32H25BrClN3O6. The third kappa shape index (κ3) is 6.20. The minimum atomic E-state index is -0.655. The molecule has 0 unspecified atom stereocenters. The van der Waals surface area contributed by atoms with Crippen molar-refractivity contribution < 1.29 is 28.5 Å². The molecule has 0 aliphatic heterocycles.